The number of hydrogen-bond acceptors (Lipinski definition) is 6. The van der Waals surface area contributed by atoms with Gasteiger partial charge in [-0.15, -0.1) is 0 Å². The Labute approximate surface area is 161 Å². The molecule has 3 N–H and O–H groups in total. The predicted molar refractivity (Wildman–Crippen MR) is 96.7 cm³/mol. The number of esters is 1. The Kier molecular flexibility index (Phi) is 5.72. The number of carbonyl (C=O) groups is 5. The van der Waals surface area contributed by atoms with Gasteiger partial charge in [-0.3, -0.25) is 28.9 Å². The van der Waals surface area contributed by atoms with Gasteiger partial charge in [-0.05, 0) is 25.0 Å². The molecule has 28 heavy (non-hydrogen) atoms. The molecule has 1 aromatic carbocycles. The Balaban J connectivity index is 1.52. The molecular formula is C19H21N3O6. The number of nitrogens with zero attached hydrogens (tertiary/aromatic N) is 1. The van der Waals surface area contributed by atoms with Gasteiger partial charge < -0.3 is 15.8 Å². The Hall–Kier alpha value is -3.23. The third kappa shape index (κ3) is 4.03. The van der Waals surface area contributed by atoms with Crippen LogP contribution in [0.2, 0.25) is 0 Å². The summed E-state index contributed by atoms with van der Waals surface area (Å²) in [5.74, 6) is -3.60. The third-order valence-electron chi connectivity index (χ3n) is 5.05. The highest BCUT2D eigenvalue weighted by Crippen LogP contribution is 2.37. The van der Waals surface area contributed by atoms with Gasteiger partial charge in [0, 0.05) is 0 Å². The fourth-order valence-corrected chi connectivity index (χ4v) is 3.70. The van der Waals surface area contributed by atoms with Crippen LogP contribution in [-0.4, -0.2) is 47.6 Å². The van der Waals surface area contributed by atoms with Gasteiger partial charge in [0.15, 0.2) is 6.61 Å². The maximum Gasteiger partial charge on any atom is 0.326 e. The Morgan fingerprint density at radius 3 is 2.29 bits per heavy atom. The van der Waals surface area contributed by atoms with Crippen LogP contribution in [0.15, 0.2) is 24.3 Å². The van der Waals surface area contributed by atoms with Crippen LogP contribution < -0.4 is 11.1 Å². The van der Waals surface area contributed by atoms with E-state index in [-0.39, 0.29) is 34.9 Å². The molecule has 1 heterocycles. The number of carbonyl (C=O) groups excluding carboxylic acids is 5. The van der Waals surface area contributed by atoms with Gasteiger partial charge in [-0.1, -0.05) is 25.0 Å². The molecule has 1 saturated carbocycles. The summed E-state index contributed by atoms with van der Waals surface area (Å²) in [6.07, 6.45) is 3.10. The van der Waals surface area contributed by atoms with Crippen LogP contribution in [0.25, 0.3) is 0 Å². The van der Waals surface area contributed by atoms with Crippen molar-refractivity contribution < 1.29 is 28.7 Å². The minimum atomic E-state index is -0.848. The molecule has 1 saturated heterocycles. The highest BCUT2D eigenvalue weighted by Gasteiger charge is 2.48. The number of primary amides is 1. The SMILES string of the molecule is NC(=O)c1ccccc1NC(=O)COC(=O)CN1C(=O)[C@@H]2CCCC[C@H]2C1=O. The summed E-state index contributed by atoms with van der Waals surface area (Å²) in [5.41, 5.74) is 5.56. The van der Waals surface area contributed by atoms with Crippen LogP contribution in [0.3, 0.4) is 0 Å². The summed E-state index contributed by atoms with van der Waals surface area (Å²) < 4.78 is 4.88. The highest BCUT2D eigenvalue weighted by molar-refractivity contribution is 6.07. The van der Waals surface area contributed by atoms with Crippen LogP contribution in [0.1, 0.15) is 36.0 Å². The van der Waals surface area contributed by atoms with Crippen molar-refractivity contribution in [1.29, 1.82) is 0 Å². The van der Waals surface area contributed by atoms with E-state index in [4.69, 9.17) is 10.5 Å². The molecule has 0 radical (unpaired) electrons. The molecule has 1 aromatic rings. The van der Waals surface area contributed by atoms with Gasteiger partial charge in [0.05, 0.1) is 23.1 Å². The maximum atomic E-state index is 12.3. The summed E-state index contributed by atoms with van der Waals surface area (Å²) in [5, 5.41) is 2.43. The van der Waals surface area contributed by atoms with Gasteiger partial charge >= 0.3 is 5.97 Å². The molecular weight excluding hydrogens is 366 g/mol. The number of para-hydroxylation sites is 1. The van der Waals surface area contributed by atoms with E-state index >= 15 is 0 Å². The van der Waals surface area contributed by atoms with E-state index in [0.29, 0.717) is 12.8 Å². The second-order valence-corrected chi connectivity index (χ2v) is 6.88. The van der Waals surface area contributed by atoms with E-state index in [2.05, 4.69) is 5.32 Å². The molecule has 0 spiro atoms. The summed E-state index contributed by atoms with van der Waals surface area (Å²) in [7, 11) is 0. The quantitative estimate of drug-likeness (QED) is 0.537. The van der Waals surface area contributed by atoms with Crippen molar-refractivity contribution in [3.8, 4) is 0 Å². The summed E-state index contributed by atoms with van der Waals surface area (Å²) in [4.78, 5) is 60.9. The number of rotatable bonds is 6. The lowest BCUT2D eigenvalue weighted by Crippen LogP contribution is -2.37. The van der Waals surface area contributed by atoms with Crippen LogP contribution >= 0.6 is 0 Å². The zero-order valence-electron chi connectivity index (χ0n) is 15.2. The van der Waals surface area contributed by atoms with Gasteiger partial charge in [-0.2, -0.15) is 0 Å². The van der Waals surface area contributed by atoms with E-state index < -0.39 is 30.9 Å². The Bertz CT molecular complexity index is 813. The molecule has 0 bridgehead atoms. The van der Waals surface area contributed by atoms with Crippen molar-refractivity contribution in [1.82, 2.24) is 4.90 Å². The maximum absolute atomic E-state index is 12.3. The first-order valence-electron chi connectivity index (χ1n) is 9.08. The van der Waals surface area contributed by atoms with Crippen LogP contribution in [0.4, 0.5) is 5.69 Å². The van der Waals surface area contributed by atoms with Crippen LogP contribution in [-0.2, 0) is 23.9 Å². The minimum absolute atomic E-state index is 0.123. The minimum Gasteiger partial charge on any atom is -0.454 e. The highest BCUT2D eigenvalue weighted by atomic mass is 16.5. The van der Waals surface area contributed by atoms with Crippen LogP contribution in [0.5, 0.6) is 0 Å². The standard InChI is InChI=1S/C19H21N3O6/c20-17(25)13-7-3-4-8-14(13)21-15(23)10-28-16(24)9-22-18(26)11-5-1-2-6-12(11)19(22)27/h3-4,7-8,11-12H,1-2,5-6,9-10H2,(H2,20,25)(H,21,23)/t11-,12-/m1/s1. The van der Waals surface area contributed by atoms with E-state index in [1.54, 1.807) is 12.1 Å². The molecule has 9 heteroatoms. The first-order valence-corrected chi connectivity index (χ1v) is 9.08. The Morgan fingerprint density at radius 2 is 1.68 bits per heavy atom. The zero-order chi connectivity index (χ0) is 20.3. The normalized spacial score (nSPS) is 21.2. The Morgan fingerprint density at radius 1 is 1.07 bits per heavy atom. The lowest BCUT2D eigenvalue weighted by molar-refractivity contribution is -0.154. The summed E-state index contributed by atoms with van der Waals surface area (Å²) in [6.45, 7) is -1.12. The largest absolute Gasteiger partial charge is 0.454 e. The van der Waals surface area contributed by atoms with Crippen molar-refractivity contribution in [2.45, 2.75) is 25.7 Å². The number of likely N-dealkylation sites (tertiary alicyclic amines) is 1. The lowest BCUT2D eigenvalue weighted by Gasteiger charge is -2.19. The van der Waals surface area contributed by atoms with E-state index in [1.807, 2.05) is 0 Å². The van der Waals surface area contributed by atoms with Gasteiger partial charge in [0.2, 0.25) is 11.8 Å². The number of ether oxygens (including phenoxy) is 1. The first kappa shape index (κ1) is 19.5. The monoisotopic (exact) mass is 387 g/mol. The molecule has 9 nitrogen and oxygen atoms in total. The fourth-order valence-electron chi connectivity index (χ4n) is 3.70. The van der Waals surface area contributed by atoms with E-state index in [0.717, 1.165) is 17.7 Å². The van der Waals surface area contributed by atoms with Gasteiger partial charge in [0.1, 0.15) is 6.54 Å². The van der Waals surface area contributed by atoms with Gasteiger partial charge in [0.25, 0.3) is 11.8 Å². The smallest absolute Gasteiger partial charge is 0.326 e. The molecule has 4 amide bonds. The summed E-state index contributed by atoms with van der Waals surface area (Å²) in [6, 6.07) is 6.15. The molecule has 2 fully saturated rings. The number of benzene rings is 1. The molecule has 0 aromatic heterocycles. The molecule has 3 rings (SSSR count). The molecule has 1 aliphatic heterocycles. The van der Waals surface area contributed by atoms with Crippen molar-refractivity contribution in [3.05, 3.63) is 29.8 Å². The molecule has 2 aliphatic rings. The van der Waals surface area contributed by atoms with Crippen molar-refractivity contribution in [2.75, 3.05) is 18.5 Å². The molecule has 2 atom stereocenters. The van der Waals surface area contributed by atoms with E-state index in [9.17, 15) is 24.0 Å². The second-order valence-electron chi connectivity index (χ2n) is 6.88. The summed E-state index contributed by atoms with van der Waals surface area (Å²) >= 11 is 0. The molecule has 148 valence electrons. The lowest BCUT2D eigenvalue weighted by atomic mass is 9.81. The van der Waals surface area contributed by atoms with E-state index in [1.165, 1.54) is 12.1 Å². The van der Waals surface area contributed by atoms with Crippen molar-refractivity contribution >= 4 is 35.3 Å². The van der Waals surface area contributed by atoms with Crippen LogP contribution in [0, 0.1) is 11.8 Å². The molecule has 1 aliphatic carbocycles. The third-order valence-corrected chi connectivity index (χ3v) is 5.05. The average Bonchev–Trinajstić information content (AvgIpc) is 2.92. The topological polar surface area (TPSA) is 136 Å². The zero-order valence-corrected chi connectivity index (χ0v) is 15.2. The number of hydrogen-bond donors (Lipinski definition) is 2. The second kappa shape index (κ2) is 8.20. The number of anilines is 1. The number of nitrogens with one attached hydrogen (secondary N) is 1. The first-order chi connectivity index (χ1) is 13.4. The van der Waals surface area contributed by atoms with Gasteiger partial charge in [-0.25, -0.2) is 0 Å². The van der Waals surface area contributed by atoms with Crippen molar-refractivity contribution in [3.63, 3.8) is 0 Å². The average molecular weight is 387 g/mol. The predicted octanol–water partition coefficient (Wildman–Crippen LogP) is 0.442. The number of imide groups is 1. The number of amides is 4. The fraction of sp³-hybridized carbons (Fsp3) is 0.421. The molecule has 0 unspecified atom stereocenters. The van der Waals surface area contributed by atoms with Crippen molar-refractivity contribution in [2.24, 2.45) is 17.6 Å². The number of nitrogens with two attached hydrogens (primary N) is 1. The number of fused-ring (bicyclic) bond motifs is 1.